The number of carbonyl (C=O) groups is 3. The predicted octanol–water partition coefficient (Wildman–Crippen LogP) is 9.78. The van der Waals surface area contributed by atoms with E-state index in [-0.39, 0.29) is 16.9 Å². The lowest BCUT2D eigenvalue weighted by Gasteiger charge is -2.12. The van der Waals surface area contributed by atoms with Crippen molar-refractivity contribution in [2.45, 2.75) is 0 Å². The second-order valence-corrected chi connectivity index (χ2v) is 12.0. The number of benzene rings is 7. The van der Waals surface area contributed by atoms with Crippen molar-refractivity contribution >= 4 is 62.3 Å². The molecule has 0 atom stereocenters. The number of aromatic carboxylic acids is 1. The minimum Gasteiger partial charge on any atom is -0.478 e. The van der Waals surface area contributed by atoms with Gasteiger partial charge in [-0.1, -0.05) is 109 Å². The van der Waals surface area contributed by atoms with Gasteiger partial charge in [0.1, 0.15) is 0 Å². The average Bonchev–Trinajstić information content (AvgIpc) is 3.16. The van der Waals surface area contributed by atoms with E-state index < -0.39 is 18.0 Å². The second-order valence-electron chi connectivity index (χ2n) is 12.0. The Kier molecular flexibility index (Phi) is 9.78. The smallest absolute Gasteiger partial charge is 0.335 e. The number of carbonyl (C=O) groups excluding carboxylic acids is 2. The molecular weight excluding hydrogens is 661 g/mol. The number of fused-ring (bicyclic) bond motifs is 2. The van der Waals surface area contributed by atoms with Crippen LogP contribution in [-0.4, -0.2) is 23.1 Å². The molecule has 7 aromatic carbocycles. The molecule has 0 aromatic heterocycles. The zero-order valence-electron chi connectivity index (χ0n) is 28.1. The summed E-state index contributed by atoms with van der Waals surface area (Å²) in [6.07, 6.45) is 0. The van der Waals surface area contributed by atoms with Crippen LogP contribution in [0, 0.1) is 23.7 Å². The summed E-state index contributed by atoms with van der Waals surface area (Å²) in [6, 6.07) is 45.0. The molecule has 8 nitrogen and oxygen atoms in total. The molecule has 0 aliphatic heterocycles. The van der Waals surface area contributed by atoms with E-state index in [0.717, 1.165) is 32.7 Å². The summed E-state index contributed by atoms with van der Waals surface area (Å²) in [5.74, 6) is 11.5. The van der Waals surface area contributed by atoms with Crippen LogP contribution in [0.4, 0.5) is 32.3 Å². The molecule has 0 fully saturated rings. The van der Waals surface area contributed by atoms with E-state index in [1.54, 1.807) is 36.4 Å². The Morgan fingerprint density at radius 3 is 1.30 bits per heavy atom. The highest BCUT2D eigenvalue weighted by Crippen LogP contribution is 2.22. The Morgan fingerprint density at radius 1 is 0.415 bits per heavy atom. The molecule has 4 amide bonds. The van der Waals surface area contributed by atoms with Crippen LogP contribution in [-0.2, 0) is 0 Å². The van der Waals surface area contributed by atoms with Gasteiger partial charge in [0.15, 0.2) is 0 Å². The molecule has 8 heteroatoms. The van der Waals surface area contributed by atoms with Crippen LogP contribution in [0.5, 0.6) is 0 Å². The van der Waals surface area contributed by atoms with E-state index in [1.807, 2.05) is 97.1 Å². The average molecular weight is 691 g/mol. The summed E-state index contributed by atoms with van der Waals surface area (Å²) in [5, 5.41) is 24.9. The monoisotopic (exact) mass is 690 g/mol. The third-order valence-corrected chi connectivity index (χ3v) is 8.20. The third-order valence-electron chi connectivity index (χ3n) is 8.20. The van der Waals surface area contributed by atoms with Gasteiger partial charge in [-0.2, -0.15) is 0 Å². The van der Waals surface area contributed by atoms with Crippen LogP contribution in [0.15, 0.2) is 152 Å². The van der Waals surface area contributed by atoms with Gasteiger partial charge in [0.2, 0.25) is 0 Å². The fraction of sp³-hybridized carbons (Fsp3) is 0. The van der Waals surface area contributed by atoms with Crippen molar-refractivity contribution in [1.29, 1.82) is 0 Å². The molecule has 53 heavy (non-hydrogen) atoms. The molecule has 0 spiro atoms. The summed E-state index contributed by atoms with van der Waals surface area (Å²) >= 11 is 0. The van der Waals surface area contributed by atoms with E-state index in [4.69, 9.17) is 0 Å². The highest BCUT2D eigenvalue weighted by molar-refractivity contribution is 6.04. The predicted molar refractivity (Wildman–Crippen MR) is 211 cm³/mol. The number of amides is 4. The van der Waals surface area contributed by atoms with Gasteiger partial charge in [-0.15, -0.1) is 0 Å². The molecule has 0 saturated heterocycles. The quantitative estimate of drug-likeness (QED) is 0.116. The van der Waals surface area contributed by atoms with Crippen molar-refractivity contribution in [3.8, 4) is 23.7 Å². The Morgan fingerprint density at radius 2 is 0.830 bits per heavy atom. The molecule has 0 bridgehead atoms. The molecule has 0 saturated carbocycles. The minimum atomic E-state index is -1.23. The Balaban J connectivity index is 1.01. The van der Waals surface area contributed by atoms with Crippen molar-refractivity contribution in [2.75, 3.05) is 21.3 Å². The van der Waals surface area contributed by atoms with Gasteiger partial charge < -0.3 is 26.4 Å². The first kappa shape index (κ1) is 33.7. The molecule has 7 aromatic rings. The molecule has 0 unspecified atom stereocenters. The Bertz CT molecular complexity index is 2490. The topological polar surface area (TPSA) is 120 Å². The zero-order chi connectivity index (χ0) is 36.6. The number of hydrogen-bond acceptors (Lipinski definition) is 3. The maximum Gasteiger partial charge on any atom is 0.335 e. The van der Waals surface area contributed by atoms with Gasteiger partial charge >= 0.3 is 18.0 Å². The standard InChI is InChI=1S/C45H30N4O4/c50-43(51)36-27-39(48-44(52)46-37-17-5-9-30(25-37)21-23-34-15-7-13-32-11-1-3-19-41(32)34)29-40(28-36)49-45(53)47-38-18-6-10-31(26-38)22-24-35-16-8-14-33-12-2-4-20-42(33)35/h1-20,25-29H,(H,50,51)(H2,46,48,52)(H2,47,49,53). The second kappa shape index (κ2) is 15.4. The fourth-order valence-electron chi connectivity index (χ4n) is 5.78. The summed E-state index contributed by atoms with van der Waals surface area (Å²) in [7, 11) is 0. The molecule has 5 N–H and O–H groups in total. The first-order chi connectivity index (χ1) is 25.9. The largest absolute Gasteiger partial charge is 0.478 e. The lowest BCUT2D eigenvalue weighted by atomic mass is 10.0. The van der Waals surface area contributed by atoms with Crippen molar-refractivity contribution in [3.63, 3.8) is 0 Å². The molecule has 7 rings (SSSR count). The van der Waals surface area contributed by atoms with Gasteiger partial charge in [-0.3, -0.25) is 0 Å². The van der Waals surface area contributed by atoms with Gasteiger partial charge in [-0.05, 0) is 88.3 Å². The van der Waals surface area contributed by atoms with Gasteiger partial charge in [0.05, 0.1) is 5.56 Å². The number of rotatable bonds is 5. The van der Waals surface area contributed by atoms with E-state index in [2.05, 4.69) is 44.9 Å². The van der Waals surface area contributed by atoms with Crippen LogP contribution in [0.2, 0.25) is 0 Å². The number of carboxylic acid groups (broad SMARTS) is 1. The highest BCUT2D eigenvalue weighted by atomic mass is 16.4. The van der Waals surface area contributed by atoms with Gasteiger partial charge in [-0.25, -0.2) is 14.4 Å². The summed E-state index contributed by atoms with van der Waals surface area (Å²) in [6.45, 7) is 0. The van der Waals surface area contributed by atoms with Crippen LogP contribution >= 0.6 is 0 Å². The minimum absolute atomic E-state index is 0.130. The lowest BCUT2D eigenvalue weighted by Crippen LogP contribution is -2.21. The molecule has 0 aliphatic rings. The zero-order valence-corrected chi connectivity index (χ0v) is 28.1. The molecule has 0 radical (unpaired) electrons. The molecule has 0 heterocycles. The van der Waals surface area contributed by atoms with E-state index in [1.165, 1.54) is 18.2 Å². The number of carboxylic acids is 1. The summed E-state index contributed by atoms with van der Waals surface area (Å²) in [5.41, 5.74) is 4.36. The van der Waals surface area contributed by atoms with Crippen molar-refractivity contribution in [2.24, 2.45) is 0 Å². The van der Waals surface area contributed by atoms with Gasteiger partial charge in [0.25, 0.3) is 0 Å². The maximum atomic E-state index is 13.0. The Labute approximate surface area is 305 Å². The first-order valence-corrected chi connectivity index (χ1v) is 16.6. The van der Waals surface area contributed by atoms with Crippen LogP contribution in [0.3, 0.4) is 0 Å². The number of nitrogens with one attached hydrogen (secondary N) is 4. The normalized spacial score (nSPS) is 10.3. The molecule has 0 aliphatic carbocycles. The third kappa shape index (κ3) is 8.50. The van der Waals surface area contributed by atoms with Crippen LogP contribution in [0.1, 0.15) is 32.6 Å². The maximum absolute atomic E-state index is 13.0. The Hall–Kier alpha value is -7.81. The van der Waals surface area contributed by atoms with Crippen LogP contribution < -0.4 is 21.3 Å². The highest BCUT2D eigenvalue weighted by Gasteiger charge is 2.12. The molecule has 254 valence electrons. The lowest BCUT2D eigenvalue weighted by molar-refractivity contribution is 0.0697. The molecular formula is C45H30N4O4. The summed E-state index contributed by atoms with van der Waals surface area (Å²) < 4.78 is 0. The fourth-order valence-corrected chi connectivity index (χ4v) is 5.78. The first-order valence-electron chi connectivity index (χ1n) is 16.6. The van der Waals surface area contributed by atoms with Crippen molar-refractivity contribution in [3.05, 3.63) is 179 Å². The van der Waals surface area contributed by atoms with Crippen molar-refractivity contribution < 1.29 is 19.5 Å². The van der Waals surface area contributed by atoms with Gasteiger partial charge in [0, 0.05) is 45.0 Å². The SMILES string of the molecule is O=C(Nc1cccc(C#Cc2cccc3ccccc23)c1)Nc1cc(NC(=O)Nc2cccc(C#Cc3cccc4ccccc34)c2)cc(C(=O)O)c1. The van der Waals surface area contributed by atoms with E-state index in [0.29, 0.717) is 22.5 Å². The summed E-state index contributed by atoms with van der Waals surface area (Å²) in [4.78, 5) is 37.9. The number of urea groups is 2. The van der Waals surface area contributed by atoms with Crippen molar-refractivity contribution in [1.82, 2.24) is 0 Å². The van der Waals surface area contributed by atoms with E-state index >= 15 is 0 Å². The number of anilines is 4. The number of hydrogen-bond donors (Lipinski definition) is 5. The van der Waals surface area contributed by atoms with E-state index in [9.17, 15) is 19.5 Å². The van der Waals surface area contributed by atoms with Crippen LogP contribution in [0.25, 0.3) is 21.5 Å².